The number of anilines is 2. The quantitative estimate of drug-likeness (QED) is 0.217. The smallest absolute Gasteiger partial charge is 0.322 e. The van der Waals surface area contributed by atoms with Gasteiger partial charge < -0.3 is 10.6 Å². The van der Waals surface area contributed by atoms with Gasteiger partial charge in [-0.3, -0.25) is 19.3 Å². The van der Waals surface area contributed by atoms with Crippen molar-refractivity contribution >= 4 is 50.0 Å². The normalized spacial score (nSPS) is 11.5. The monoisotopic (exact) mass is 622 g/mol. The molecule has 12 heteroatoms. The number of hydrogen-bond donors (Lipinski definition) is 2. The Balaban J connectivity index is 1.36. The van der Waals surface area contributed by atoms with Crippen LogP contribution in [-0.4, -0.2) is 31.6 Å². The third kappa shape index (κ3) is 6.12. The summed E-state index contributed by atoms with van der Waals surface area (Å²) in [7, 11) is 0. The van der Waals surface area contributed by atoms with E-state index in [9.17, 15) is 22.8 Å². The number of nitrogens with one attached hydrogen (secondary N) is 2. The maximum Gasteiger partial charge on any atom is 0.433 e. The van der Waals surface area contributed by atoms with Crippen LogP contribution in [-0.2, 0) is 12.7 Å². The molecule has 0 saturated heterocycles. The van der Waals surface area contributed by atoms with E-state index in [1.807, 2.05) is 18.2 Å². The van der Waals surface area contributed by atoms with Crippen LogP contribution in [0.1, 0.15) is 43.5 Å². The van der Waals surface area contributed by atoms with Gasteiger partial charge in [-0.15, -0.1) is 0 Å². The number of para-hydroxylation sites is 1. The molecule has 0 aliphatic rings. The average molecular weight is 623 g/mol. The fourth-order valence-corrected chi connectivity index (χ4v) is 4.64. The molecule has 0 atom stereocenters. The molecule has 2 aromatic carbocycles. The molecule has 2 amide bonds. The van der Waals surface area contributed by atoms with Crippen molar-refractivity contribution < 1.29 is 22.8 Å². The summed E-state index contributed by atoms with van der Waals surface area (Å²) in [5, 5.41) is 10.3. The predicted octanol–water partition coefficient (Wildman–Crippen LogP) is 6.78. The van der Waals surface area contributed by atoms with Gasteiger partial charge in [-0.05, 0) is 62.4 Å². The van der Waals surface area contributed by atoms with Crippen molar-refractivity contribution in [1.82, 2.24) is 19.7 Å². The molecule has 0 saturated carbocycles. The second kappa shape index (κ2) is 11.1. The van der Waals surface area contributed by atoms with Crippen LogP contribution < -0.4 is 10.6 Å². The van der Waals surface area contributed by atoms with Gasteiger partial charge in [-0.2, -0.15) is 18.3 Å². The van der Waals surface area contributed by atoms with Crippen LogP contribution in [0.15, 0.2) is 77.4 Å². The Hall–Kier alpha value is -4.58. The summed E-state index contributed by atoms with van der Waals surface area (Å²) in [5.74, 6) is -1.02. The highest BCUT2D eigenvalue weighted by atomic mass is 79.9. The number of benzene rings is 2. The van der Waals surface area contributed by atoms with Crippen LogP contribution in [0.2, 0.25) is 0 Å². The van der Waals surface area contributed by atoms with E-state index in [1.54, 1.807) is 54.9 Å². The Morgan fingerprint density at radius 2 is 1.71 bits per heavy atom. The number of aromatic nitrogens is 4. The highest BCUT2D eigenvalue weighted by Gasteiger charge is 2.34. The molecule has 0 unspecified atom stereocenters. The SMILES string of the molecule is Cc1nn(Cc2ccc(C(=O)Nc3ccccc3)cn2)c(C)c1NC(=O)c1cc(C(F)(F)F)nc2ccc(Br)cc12. The van der Waals surface area contributed by atoms with Crippen molar-refractivity contribution in [3.63, 3.8) is 0 Å². The molecule has 208 valence electrons. The molecule has 3 heterocycles. The first-order valence-electron chi connectivity index (χ1n) is 12.3. The number of halogens is 4. The molecule has 0 aliphatic heterocycles. The molecule has 5 rings (SSSR count). The van der Waals surface area contributed by atoms with Gasteiger partial charge in [0.15, 0.2) is 0 Å². The lowest BCUT2D eigenvalue weighted by atomic mass is 10.1. The molecular formula is C29H22BrF3N6O2. The number of rotatable bonds is 6. The van der Waals surface area contributed by atoms with Crippen molar-refractivity contribution in [3.8, 4) is 0 Å². The largest absolute Gasteiger partial charge is 0.433 e. The van der Waals surface area contributed by atoms with E-state index >= 15 is 0 Å². The van der Waals surface area contributed by atoms with Crippen LogP contribution in [0.3, 0.4) is 0 Å². The maximum atomic E-state index is 13.5. The summed E-state index contributed by atoms with van der Waals surface area (Å²) >= 11 is 3.30. The van der Waals surface area contributed by atoms with Crippen LogP contribution >= 0.6 is 15.9 Å². The van der Waals surface area contributed by atoms with Gasteiger partial charge in [-0.1, -0.05) is 34.1 Å². The number of carbonyl (C=O) groups excluding carboxylic acids is 2. The number of nitrogens with zero attached hydrogens (tertiary/aromatic N) is 4. The average Bonchev–Trinajstić information content (AvgIpc) is 3.20. The lowest BCUT2D eigenvalue weighted by molar-refractivity contribution is -0.141. The Kier molecular flexibility index (Phi) is 7.59. The minimum absolute atomic E-state index is 0.0456. The van der Waals surface area contributed by atoms with Crippen LogP contribution in [0, 0.1) is 13.8 Å². The molecule has 0 aliphatic carbocycles. The first-order chi connectivity index (χ1) is 19.5. The summed E-state index contributed by atoms with van der Waals surface area (Å²) in [6.07, 6.45) is -3.26. The highest BCUT2D eigenvalue weighted by Crippen LogP contribution is 2.32. The zero-order valence-electron chi connectivity index (χ0n) is 21.8. The first-order valence-corrected chi connectivity index (χ1v) is 13.1. The van der Waals surface area contributed by atoms with Crippen molar-refractivity contribution in [2.75, 3.05) is 10.6 Å². The summed E-state index contributed by atoms with van der Waals surface area (Å²) in [6, 6.07) is 17.7. The molecular weight excluding hydrogens is 601 g/mol. The molecule has 2 N–H and O–H groups in total. The lowest BCUT2D eigenvalue weighted by Gasteiger charge is -2.13. The maximum absolute atomic E-state index is 13.5. The number of hydrogen-bond acceptors (Lipinski definition) is 5. The first kappa shape index (κ1) is 28.0. The predicted molar refractivity (Wildman–Crippen MR) is 152 cm³/mol. The molecule has 0 fully saturated rings. The summed E-state index contributed by atoms with van der Waals surface area (Å²) < 4.78 is 42.8. The molecule has 41 heavy (non-hydrogen) atoms. The minimum Gasteiger partial charge on any atom is -0.322 e. The zero-order valence-corrected chi connectivity index (χ0v) is 23.3. The van der Waals surface area contributed by atoms with Gasteiger partial charge in [0, 0.05) is 21.7 Å². The number of alkyl halides is 3. The molecule has 3 aromatic heterocycles. The Morgan fingerprint density at radius 3 is 2.39 bits per heavy atom. The van der Waals surface area contributed by atoms with E-state index in [4.69, 9.17) is 0 Å². The van der Waals surface area contributed by atoms with Gasteiger partial charge in [0.05, 0.1) is 46.0 Å². The van der Waals surface area contributed by atoms with E-state index in [-0.39, 0.29) is 28.9 Å². The summed E-state index contributed by atoms with van der Waals surface area (Å²) in [5.41, 5.74) is 1.82. The number of amides is 2. The second-order valence-corrected chi connectivity index (χ2v) is 10.1. The summed E-state index contributed by atoms with van der Waals surface area (Å²) in [4.78, 5) is 33.9. The van der Waals surface area contributed by atoms with Crippen molar-refractivity contribution in [2.45, 2.75) is 26.6 Å². The van der Waals surface area contributed by atoms with Crippen LogP contribution in [0.5, 0.6) is 0 Å². The number of aryl methyl sites for hydroxylation is 1. The highest BCUT2D eigenvalue weighted by molar-refractivity contribution is 9.10. The fourth-order valence-electron chi connectivity index (χ4n) is 4.27. The van der Waals surface area contributed by atoms with E-state index in [2.05, 4.69) is 41.6 Å². The van der Waals surface area contributed by atoms with Crippen LogP contribution in [0.25, 0.3) is 10.9 Å². The minimum atomic E-state index is -4.72. The number of pyridine rings is 2. The number of carbonyl (C=O) groups is 2. The summed E-state index contributed by atoms with van der Waals surface area (Å²) in [6.45, 7) is 3.66. The third-order valence-corrected chi connectivity index (χ3v) is 6.85. The van der Waals surface area contributed by atoms with E-state index in [0.717, 1.165) is 6.07 Å². The Labute approximate surface area is 240 Å². The standard InChI is InChI=1S/C29H22BrF3N6O2/c1-16-26(37-28(41)23-13-25(29(31,32)33)36-24-11-9-19(30)12-22(23)24)17(2)39(38-16)15-21-10-8-18(14-34-21)27(40)35-20-6-4-3-5-7-20/h3-14H,15H2,1-2H3,(H,35,40)(H,37,41). The molecule has 0 spiro atoms. The van der Waals surface area contributed by atoms with Crippen molar-refractivity contribution in [2.24, 2.45) is 0 Å². The van der Waals surface area contributed by atoms with E-state index in [1.165, 1.54) is 12.3 Å². The van der Waals surface area contributed by atoms with Gasteiger partial charge >= 0.3 is 6.18 Å². The van der Waals surface area contributed by atoms with Crippen molar-refractivity contribution in [1.29, 1.82) is 0 Å². The molecule has 0 radical (unpaired) electrons. The van der Waals surface area contributed by atoms with E-state index in [0.29, 0.717) is 38.5 Å². The topological polar surface area (TPSA) is 102 Å². The van der Waals surface area contributed by atoms with Crippen molar-refractivity contribution in [3.05, 3.63) is 111 Å². The van der Waals surface area contributed by atoms with E-state index < -0.39 is 17.8 Å². The molecule has 8 nitrogen and oxygen atoms in total. The van der Waals surface area contributed by atoms with Gasteiger partial charge in [0.1, 0.15) is 5.69 Å². The third-order valence-electron chi connectivity index (χ3n) is 6.36. The zero-order chi connectivity index (χ0) is 29.3. The number of fused-ring (bicyclic) bond motifs is 1. The molecule has 5 aromatic rings. The fraction of sp³-hybridized carbons (Fsp3) is 0.138. The second-order valence-electron chi connectivity index (χ2n) is 9.23. The Bertz CT molecular complexity index is 1770. The van der Waals surface area contributed by atoms with Crippen LogP contribution in [0.4, 0.5) is 24.5 Å². The van der Waals surface area contributed by atoms with Gasteiger partial charge in [-0.25, -0.2) is 4.98 Å². The molecule has 0 bridgehead atoms. The van der Waals surface area contributed by atoms with Gasteiger partial charge in [0.2, 0.25) is 0 Å². The Morgan fingerprint density at radius 1 is 0.951 bits per heavy atom. The lowest BCUT2D eigenvalue weighted by Crippen LogP contribution is -2.17. The van der Waals surface area contributed by atoms with Gasteiger partial charge in [0.25, 0.3) is 11.8 Å².